The lowest BCUT2D eigenvalue weighted by Crippen LogP contribution is -2.47. The number of likely N-dealkylation sites (tertiary alicyclic amines) is 2. The minimum Gasteiger partial charge on any atom is -0.444 e. The molecule has 0 radical (unpaired) electrons. The summed E-state index contributed by atoms with van der Waals surface area (Å²) in [5.74, 6) is 1.52. The number of hydrogen-bond donors (Lipinski definition) is 4. The van der Waals surface area contributed by atoms with E-state index >= 15 is 4.39 Å². The van der Waals surface area contributed by atoms with Gasteiger partial charge in [0, 0.05) is 102 Å². The van der Waals surface area contributed by atoms with Crippen molar-refractivity contribution >= 4 is 67.5 Å². The van der Waals surface area contributed by atoms with Crippen LogP contribution >= 0.6 is 15.9 Å². The summed E-state index contributed by atoms with van der Waals surface area (Å²) >= 11 is 3.23. The van der Waals surface area contributed by atoms with E-state index < -0.39 is 22.4 Å². The quantitative estimate of drug-likeness (QED) is 0.111. The number of hydrogen-bond acceptors (Lipinski definition) is 17. The minimum atomic E-state index is -0.543. The highest BCUT2D eigenvalue weighted by molar-refractivity contribution is 9.10. The Morgan fingerprint density at radius 1 is 0.651 bits per heavy atom. The number of fused-ring (bicyclic) bond motifs is 2. The highest BCUT2D eigenvalue weighted by Gasteiger charge is 2.51. The normalized spacial score (nSPS) is 17.7. The van der Waals surface area contributed by atoms with E-state index in [0.717, 1.165) is 86.8 Å². The number of benzene rings is 2. The van der Waals surface area contributed by atoms with E-state index in [0.29, 0.717) is 76.6 Å². The highest BCUT2D eigenvalue weighted by Crippen LogP contribution is 2.42. The van der Waals surface area contributed by atoms with Crippen LogP contribution in [0.1, 0.15) is 129 Å². The molecule has 0 aliphatic carbocycles. The van der Waals surface area contributed by atoms with Gasteiger partial charge in [-0.3, -0.25) is 0 Å². The molecule has 0 unspecified atom stereocenters. The Bertz CT molecular complexity index is 3730. The van der Waals surface area contributed by atoms with Gasteiger partial charge in [0.05, 0.1) is 27.1 Å². The Morgan fingerprint density at radius 2 is 1.10 bits per heavy atom. The second kappa shape index (κ2) is 24.6. The molecule has 3 saturated heterocycles. The molecule has 4 N–H and O–H groups in total. The number of carbonyl (C=O) groups excluding carboxylic acids is 2. The SMILES string of the molecule is Cc1cnc(N[C@H]2CCCN(C(=O)OC(C)(C)C)C2)nc1-c1c[nH]c2cc(-c3c(C)noc3C)c(F)cc12.Cc1cnc(N[C@H]2CCCN(C(=O)OC(C)(C)C)C2)nc1-c1c[nH]c2cc(Br)c(F)cc12.Cc1noc(C)c1N1OC(C)(C)C(C)(C)O1. The van der Waals surface area contributed by atoms with Crippen LogP contribution in [0.5, 0.6) is 0 Å². The standard InChI is InChI=1S/C28H33FN6O3.C23H27BrFN5O2.C11H18N2O3/c1-15-12-31-26(32-18-8-7-9-35(14-18)27(36)37-28(4,5)6)33-25(15)21-13-30-23-11-20(22(29)10-19(21)23)24-16(2)34-38-17(24)3;1-13-10-27-21(28-14-6-5-7-30(12-14)22(31)32-23(2,3)4)29-20(13)16-11-26-19-9-17(24)18(25)8-15(16)19;1-7-9(8(2)14-12-7)13-15-10(3,4)11(5,6)16-13/h10-13,18,30H,7-9,14H2,1-6H3,(H,31,32,33);8-11,14,26H,5-7,12H2,1-4H3,(H,27,28,29);1-6H3/t18-;14-;/m00./s1. The third-order valence-corrected chi connectivity index (χ3v) is 15.9. The van der Waals surface area contributed by atoms with Crippen LogP contribution in [0.25, 0.3) is 55.4 Å². The number of piperidine rings is 2. The maximum absolute atomic E-state index is 15.3. The van der Waals surface area contributed by atoms with Gasteiger partial charge in [-0.1, -0.05) is 10.3 Å². The molecule has 460 valence electrons. The van der Waals surface area contributed by atoms with Crippen molar-refractivity contribution in [1.29, 1.82) is 0 Å². The molecule has 0 spiro atoms. The summed E-state index contributed by atoms with van der Waals surface area (Å²) in [5, 5.41) is 17.5. The fourth-order valence-electron chi connectivity index (χ4n) is 10.3. The van der Waals surface area contributed by atoms with Crippen molar-refractivity contribution in [3.05, 3.63) is 99.2 Å². The van der Waals surface area contributed by atoms with E-state index in [4.69, 9.17) is 38.2 Å². The number of ether oxygens (including phenoxy) is 2. The van der Waals surface area contributed by atoms with Crippen LogP contribution in [-0.4, -0.2) is 123 Å². The lowest BCUT2D eigenvalue weighted by atomic mass is 9.90. The predicted octanol–water partition coefficient (Wildman–Crippen LogP) is 14.3. The molecule has 0 bridgehead atoms. The van der Waals surface area contributed by atoms with Crippen molar-refractivity contribution in [2.75, 3.05) is 42.0 Å². The summed E-state index contributed by atoms with van der Waals surface area (Å²) in [7, 11) is 0. The molecule has 2 atom stereocenters. The van der Waals surface area contributed by atoms with Crippen molar-refractivity contribution in [1.82, 2.24) is 50.0 Å². The average Bonchev–Trinajstić information content (AvgIpc) is 1.79. The van der Waals surface area contributed by atoms with Gasteiger partial charge in [-0.15, -0.1) is 5.23 Å². The number of nitrogens with zero attached hydrogens (tertiary/aromatic N) is 9. The van der Waals surface area contributed by atoms with Gasteiger partial charge in [0.1, 0.15) is 45.5 Å². The molecule has 86 heavy (non-hydrogen) atoms. The number of amides is 2. The van der Waals surface area contributed by atoms with E-state index in [1.165, 1.54) is 17.4 Å². The number of aromatic amines is 2. The number of rotatable bonds is 8. The molecule has 8 aromatic rings. The topological polar surface area (TPSA) is 240 Å². The van der Waals surface area contributed by atoms with Gasteiger partial charge in [-0.2, -0.15) is 0 Å². The van der Waals surface area contributed by atoms with Crippen LogP contribution in [0.2, 0.25) is 0 Å². The number of aryl methyl sites for hydroxylation is 6. The van der Waals surface area contributed by atoms with Crippen LogP contribution in [0.15, 0.2) is 62.6 Å². The first-order valence-electron chi connectivity index (χ1n) is 28.8. The van der Waals surface area contributed by atoms with E-state index in [2.05, 4.69) is 56.8 Å². The minimum absolute atomic E-state index is 0.00940. The van der Waals surface area contributed by atoms with Crippen molar-refractivity contribution in [2.24, 2.45) is 0 Å². The fraction of sp³-hybridized carbons (Fsp3) is 0.484. The maximum atomic E-state index is 15.3. The molecule has 24 heteroatoms. The van der Waals surface area contributed by atoms with E-state index in [9.17, 15) is 14.0 Å². The molecular weight excluding hydrogens is 1170 g/mol. The molecule has 9 heterocycles. The number of H-pyrrole nitrogens is 2. The van der Waals surface area contributed by atoms with Crippen molar-refractivity contribution in [3.8, 4) is 33.6 Å². The van der Waals surface area contributed by atoms with Crippen molar-refractivity contribution in [2.45, 2.75) is 171 Å². The van der Waals surface area contributed by atoms with Crippen molar-refractivity contribution in [3.63, 3.8) is 0 Å². The van der Waals surface area contributed by atoms with Gasteiger partial charge in [-0.05, 0) is 188 Å². The Morgan fingerprint density at radius 3 is 1.55 bits per heavy atom. The second-order valence-electron chi connectivity index (χ2n) is 25.2. The van der Waals surface area contributed by atoms with Crippen LogP contribution < -0.4 is 15.9 Å². The summed E-state index contributed by atoms with van der Waals surface area (Å²) in [4.78, 5) is 64.9. The molecular formula is C62H78BrF2N13O8. The average molecular weight is 1250 g/mol. The molecule has 3 fully saturated rings. The molecule has 0 saturated carbocycles. The van der Waals surface area contributed by atoms with Gasteiger partial charge >= 0.3 is 12.2 Å². The maximum Gasteiger partial charge on any atom is 0.410 e. The smallest absolute Gasteiger partial charge is 0.410 e. The summed E-state index contributed by atoms with van der Waals surface area (Å²) < 4.78 is 51.3. The molecule has 2 amide bonds. The zero-order valence-corrected chi connectivity index (χ0v) is 53.4. The van der Waals surface area contributed by atoms with E-state index in [-0.39, 0.29) is 35.9 Å². The molecule has 2 aromatic carbocycles. The van der Waals surface area contributed by atoms with Crippen LogP contribution in [-0.2, 0) is 19.1 Å². The first kappa shape index (κ1) is 62.8. The summed E-state index contributed by atoms with van der Waals surface area (Å²) in [6.45, 7) is 32.6. The van der Waals surface area contributed by atoms with E-state index in [1.807, 2.05) is 109 Å². The lowest BCUT2D eigenvalue weighted by molar-refractivity contribution is -0.0280. The summed E-state index contributed by atoms with van der Waals surface area (Å²) in [5.41, 5.74) is 7.77. The zero-order valence-electron chi connectivity index (χ0n) is 51.9. The van der Waals surface area contributed by atoms with E-state index in [1.54, 1.807) is 48.2 Å². The summed E-state index contributed by atoms with van der Waals surface area (Å²) in [6.07, 6.45) is 10.1. The molecule has 21 nitrogen and oxygen atoms in total. The Hall–Kier alpha value is -7.70. The number of nitrogens with one attached hydrogen (secondary N) is 4. The monoisotopic (exact) mass is 1250 g/mol. The first-order valence-corrected chi connectivity index (χ1v) is 29.6. The number of anilines is 3. The Kier molecular flexibility index (Phi) is 18.0. The largest absolute Gasteiger partial charge is 0.444 e. The molecule has 6 aromatic heterocycles. The van der Waals surface area contributed by atoms with Gasteiger partial charge in [0.2, 0.25) is 11.9 Å². The number of halogens is 3. The Labute approximate surface area is 507 Å². The van der Waals surface area contributed by atoms with Crippen LogP contribution in [0, 0.1) is 53.2 Å². The predicted molar refractivity (Wildman–Crippen MR) is 328 cm³/mol. The van der Waals surface area contributed by atoms with Crippen LogP contribution in [0.3, 0.4) is 0 Å². The fourth-order valence-corrected chi connectivity index (χ4v) is 10.6. The van der Waals surface area contributed by atoms with Crippen LogP contribution in [0.4, 0.5) is 36.0 Å². The van der Waals surface area contributed by atoms with Gasteiger partial charge in [-0.25, -0.2) is 48.0 Å². The second-order valence-corrected chi connectivity index (χ2v) is 26.1. The molecule has 11 rings (SSSR count). The highest BCUT2D eigenvalue weighted by atomic mass is 79.9. The first-order chi connectivity index (χ1) is 40.3. The third kappa shape index (κ3) is 14.1. The van der Waals surface area contributed by atoms with Gasteiger partial charge in [0.25, 0.3) is 0 Å². The van der Waals surface area contributed by atoms with Gasteiger partial charge in [0.15, 0.2) is 11.4 Å². The molecule has 3 aliphatic rings. The lowest BCUT2D eigenvalue weighted by Gasteiger charge is -2.34. The van der Waals surface area contributed by atoms with Gasteiger partial charge < -0.3 is 48.9 Å². The molecule has 3 aliphatic heterocycles. The third-order valence-electron chi connectivity index (χ3n) is 15.3. The van der Waals surface area contributed by atoms with Crippen molar-refractivity contribution < 1.29 is 46.6 Å². The Balaban J connectivity index is 0.000000166. The number of carbonyl (C=O) groups is 2. The number of aromatic nitrogens is 8. The summed E-state index contributed by atoms with van der Waals surface area (Å²) in [6, 6.07) is 6.53. The zero-order chi connectivity index (χ0) is 62.4.